The van der Waals surface area contributed by atoms with Crippen molar-refractivity contribution < 1.29 is 9.47 Å². The van der Waals surface area contributed by atoms with Crippen molar-refractivity contribution in [2.45, 2.75) is 36.9 Å². The highest BCUT2D eigenvalue weighted by Crippen LogP contribution is 2.35. The molecule has 29 heavy (non-hydrogen) atoms. The molecule has 0 fully saturated rings. The van der Waals surface area contributed by atoms with E-state index in [9.17, 15) is 0 Å². The summed E-state index contributed by atoms with van der Waals surface area (Å²) >= 11 is 1.74. The molecule has 0 aromatic heterocycles. The zero-order valence-electron chi connectivity index (χ0n) is 16.8. The van der Waals surface area contributed by atoms with Gasteiger partial charge in [0.15, 0.2) is 0 Å². The van der Waals surface area contributed by atoms with Crippen molar-refractivity contribution in [1.29, 1.82) is 0 Å². The number of rotatable bonds is 7. The minimum atomic E-state index is -0.117. The fraction of sp³-hybridized carbons (Fsp3) is 0.308. The third-order valence-electron chi connectivity index (χ3n) is 4.54. The van der Waals surface area contributed by atoms with Gasteiger partial charge in [-0.25, -0.2) is 0 Å². The minimum absolute atomic E-state index is 0.117. The molecule has 0 bridgehead atoms. The first-order chi connectivity index (χ1) is 14.4. The van der Waals surface area contributed by atoms with Gasteiger partial charge in [0.1, 0.15) is 6.10 Å². The zero-order chi connectivity index (χ0) is 20.2. The minimum Gasteiger partial charge on any atom is -0.385 e. The molecule has 0 saturated carbocycles. The van der Waals surface area contributed by atoms with Crippen LogP contribution in [0.1, 0.15) is 36.5 Å². The van der Waals surface area contributed by atoms with Crippen molar-refractivity contribution in [2.75, 3.05) is 19.5 Å². The molecule has 0 aliphatic carbocycles. The van der Waals surface area contributed by atoms with Crippen molar-refractivity contribution >= 4 is 11.8 Å². The maximum atomic E-state index is 6.04. The van der Waals surface area contributed by atoms with E-state index in [4.69, 9.17) is 9.47 Å². The number of hydrogen-bond acceptors (Lipinski definition) is 3. The van der Waals surface area contributed by atoms with Crippen molar-refractivity contribution in [3.63, 3.8) is 0 Å². The van der Waals surface area contributed by atoms with Crippen LogP contribution in [0.25, 0.3) is 0 Å². The van der Waals surface area contributed by atoms with Crippen LogP contribution < -0.4 is 0 Å². The summed E-state index contributed by atoms with van der Waals surface area (Å²) in [7, 11) is 1.73. The quantitative estimate of drug-likeness (QED) is 0.331. The van der Waals surface area contributed by atoms with Crippen molar-refractivity contribution in [3.8, 4) is 23.7 Å². The second-order valence-electron chi connectivity index (χ2n) is 6.66. The molecule has 0 saturated heterocycles. The van der Waals surface area contributed by atoms with E-state index in [1.807, 2.05) is 24.3 Å². The van der Waals surface area contributed by atoms with E-state index >= 15 is 0 Å². The van der Waals surface area contributed by atoms with Gasteiger partial charge in [-0.2, -0.15) is 0 Å². The third kappa shape index (κ3) is 6.84. The molecule has 1 heterocycles. The molecule has 1 aliphatic rings. The lowest BCUT2D eigenvalue weighted by Gasteiger charge is -2.10. The molecular formula is C26H26O2S. The van der Waals surface area contributed by atoms with Gasteiger partial charge in [0.05, 0.1) is 12.4 Å². The Morgan fingerprint density at radius 3 is 2.79 bits per heavy atom. The van der Waals surface area contributed by atoms with E-state index in [1.54, 1.807) is 18.9 Å². The Morgan fingerprint density at radius 2 is 1.93 bits per heavy atom. The second-order valence-corrected chi connectivity index (χ2v) is 7.71. The van der Waals surface area contributed by atoms with E-state index < -0.39 is 0 Å². The van der Waals surface area contributed by atoms with E-state index in [2.05, 4.69) is 60.1 Å². The lowest BCUT2D eigenvalue weighted by molar-refractivity contribution is 0.0942. The average Bonchev–Trinajstić information content (AvgIpc) is 3.19. The Kier molecular flexibility index (Phi) is 8.95. The highest BCUT2D eigenvalue weighted by molar-refractivity contribution is 7.99. The Hall–Kier alpha value is -2.43. The molecular weight excluding hydrogens is 376 g/mol. The van der Waals surface area contributed by atoms with Crippen molar-refractivity contribution in [1.82, 2.24) is 0 Å². The first-order valence-electron chi connectivity index (χ1n) is 9.92. The largest absolute Gasteiger partial charge is 0.385 e. The van der Waals surface area contributed by atoms with Crippen molar-refractivity contribution in [2.24, 2.45) is 0 Å². The number of allylic oxidation sites excluding steroid dienone is 1. The summed E-state index contributed by atoms with van der Waals surface area (Å²) < 4.78 is 11.1. The van der Waals surface area contributed by atoms with E-state index in [1.165, 1.54) is 16.0 Å². The highest BCUT2D eigenvalue weighted by Gasteiger charge is 2.25. The van der Waals surface area contributed by atoms with Crippen LogP contribution in [-0.4, -0.2) is 19.5 Å². The molecule has 3 heteroatoms. The van der Waals surface area contributed by atoms with Gasteiger partial charge in [0.2, 0.25) is 0 Å². The second kappa shape index (κ2) is 12.2. The summed E-state index contributed by atoms with van der Waals surface area (Å²) in [6, 6.07) is 18.7. The maximum absolute atomic E-state index is 6.04. The first-order valence-corrected chi connectivity index (χ1v) is 10.9. The Labute approximate surface area is 178 Å². The molecule has 0 radical (unpaired) electrons. The highest BCUT2D eigenvalue weighted by atomic mass is 32.2. The molecule has 1 aliphatic heterocycles. The van der Waals surface area contributed by atoms with Crippen LogP contribution in [-0.2, 0) is 16.1 Å². The van der Waals surface area contributed by atoms with Crippen LogP contribution in [0.2, 0.25) is 0 Å². The molecule has 2 nitrogen and oxygen atoms in total. The van der Waals surface area contributed by atoms with Gasteiger partial charge < -0.3 is 9.47 Å². The molecule has 2 aromatic carbocycles. The van der Waals surface area contributed by atoms with Gasteiger partial charge in [-0.1, -0.05) is 66.1 Å². The van der Waals surface area contributed by atoms with Gasteiger partial charge >= 0.3 is 0 Å². The first kappa shape index (κ1) is 21.3. The number of hydrogen-bond donors (Lipinski definition) is 0. The topological polar surface area (TPSA) is 18.5 Å². The van der Waals surface area contributed by atoms with Crippen LogP contribution in [0.4, 0.5) is 0 Å². The summed E-state index contributed by atoms with van der Waals surface area (Å²) in [6.45, 7) is 1.42. The predicted molar refractivity (Wildman–Crippen MR) is 121 cm³/mol. The van der Waals surface area contributed by atoms with Gasteiger partial charge in [0.25, 0.3) is 0 Å². The molecule has 0 N–H and O–H groups in total. The van der Waals surface area contributed by atoms with Crippen molar-refractivity contribution in [3.05, 3.63) is 77.4 Å². The van der Waals surface area contributed by atoms with Crippen LogP contribution in [0.15, 0.2) is 71.1 Å². The lowest BCUT2D eigenvalue weighted by atomic mass is 9.99. The number of methoxy groups -OCH3 is 1. The Morgan fingerprint density at radius 1 is 1.10 bits per heavy atom. The Balaban J connectivity index is 1.67. The smallest absolute Gasteiger partial charge is 0.117 e. The van der Waals surface area contributed by atoms with E-state index in [0.29, 0.717) is 6.61 Å². The number of ether oxygens (including phenoxy) is 2. The molecule has 2 aromatic rings. The maximum Gasteiger partial charge on any atom is 0.117 e. The average molecular weight is 403 g/mol. The summed E-state index contributed by atoms with van der Waals surface area (Å²) in [5, 5.41) is 0. The third-order valence-corrected chi connectivity index (χ3v) is 5.44. The van der Waals surface area contributed by atoms with Gasteiger partial charge in [-0.3, -0.25) is 0 Å². The van der Waals surface area contributed by atoms with Crippen LogP contribution in [0.5, 0.6) is 0 Å². The zero-order valence-corrected chi connectivity index (χ0v) is 17.6. The number of fused-ring (bicyclic) bond motifs is 1. The number of unbranched alkanes of at least 4 members (excludes halogenated alkanes) is 2. The molecule has 0 amide bonds. The standard InChI is InChI=1S/C26H26O2S/c1-27-19-11-3-2-5-13-22(26-25-18-9-8-15-23(25)21-28-26)14-10-12-20-29-24-16-6-4-7-17-24/h4,6-9,14-18,26H,2-3,11,19-21H2,1H3. The van der Waals surface area contributed by atoms with Crippen LogP contribution >= 0.6 is 11.8 Å². The van der Waals surface area contributed by atoms with Gasteiger partial charge in [-0.15, -0.1) is 11.8 Å². The van der Waals surface area contributed by atoms with Crippen LogP contribution in [0.3, 0.4) is 0 Å². The molecule has 1 atom stereocenters. The summed E-state index contributed by atoms with van der Waals surface area (Å²) in [4.78, 5) is 1.23. The fourth-order valence-corrected chi connectivity index (χ4v) is 3.72. The normalized spacial score (nSPS) is 15.1. The predicted octanol–water partition coefficient (Wildman–Crippen LogP) is 5.80. The van der Waals surface area contributed by atoms with Gasteiger partial charge in [0, 0.05) is 36.7 Å². The summed E-state index contributed by atoms with van der Waals surface area (Å²) in [5.41, 5.74) is 3.38. The Bertz CT molecular complexity index is 926. The molecule has 1 unspecified atom stereocenters. The number of thioether (sulfide) groups is 1. The summed E-state index contributed by atoms with van der Waals surface area (Å²) in [6.07, 6.45) is 4.74. The lowest BCUT2D eigenvalue weighted by Crippen LogP contribution is -1.99. The molecule has 0 spiro atoms. The number of benzene rings is 2. The van der Waals surface area contributed by atoms with E-state index in [-0.39, 0.29) is 6.10 Å². The SMILES string of the molecule is COCCCCC#CC(=CC#CCSc1ccccc1)C1OCc2ccccc21. The monoisotopic (exact) mass is 402 g/mol. The van der Waals surface area contributed by atoms with Gasteiger partial charge in [-0.05, 0) is 36.1 Å². The fourth-order valence-electron chi connectivity index (χ4n) is 3.05. The summed E-state index contributed by atoms with van der Waals surface area (Å²) in [5.74, 6) is 13.8. The van der Waals surface area contributed by atoms with Crippen LogP contribution in [0, 0.1) is 23.7 Å². The molecule has 3 rings (SSSR count). The van der Waals surface area contributed by atoms with E-state index in [0.717, 1.165) is 37.2 Å². The molecule has 148 valence electrons.